The van der Waals surface area contributed by atoms with Gasteiger partial charge < -0.3 is 4.74 Å². The number of hydrogen-bond acceptors (Lipinski definition) is 6. The zero-order chi connectivity index (χ0) is 22.2. The predicted molar refractivity (Wildman–Crippen MR) is 120 cm³/mol. The van der Waals surface area contributed by atoms with Gasteiger partial charge in [-0.3, -0.25) is 14.5 Å². The Hall–Kier alpha value is -3.50. The number of benzene rings is 2. The number of ether oxygens (including phenoxy) is 1. The molecule has 0 bridgehead atoms. The summed E-state index contributed by atoms with van der Waals surface area (Å²) in [5.74, 6) is -0.456. The monoisotopic (exact) mass is 433 g/mol. The molecule has 31 heavy (non-hydrogen) atoms. The van der Waals surface area contributed by atoms with Gasteiger partial charge in [-0.1, -0.05) is 31.2 Å². The number of aryl methyl sites for hydroxylation is 2. The van der Waals surface area contributed by atoms with Crippen LogP contribution in [0.2, 0.25) is 0 Å². The van der Waals surface area contributed by atoms with Gasteiger partial charge >= 0.3 is 5.97 Å². The molecule has 0 unspecified atom stereocenters. The molecule has 0 saturated carbocycles. The van der Waals surface area contributed by atoms with E-state index in [-0.39, 0.29) is 24.9 Å². The van der Waals surface area contributed by atoms with Gasteiger partial charge in [0.25, 0.3) is 0 Å². The second-order valence-electron chi connectivity index (χ2n) is 6.97. The molecule has 0 aliphatic carbocycles. The third-order valence-electron chi connectivity index (χ3n) is 4.73. The van der Waals surface area contributed by atoms with E-state index < -0.39 is 0 Å². The minimum atomic E-state index is -0.322. The zero-order valence-corrected chi connectivity index (χ0v) is 18.3. The molecule has 3 rings (SSSR count). The van der Waals surface area contributed by atoms with E-state index >= 15 is 0 Å². The van der Waals surface area contributed by atoms with Crippen molar-refractivity contribution in [3.63, 3.8) is 0 Å². The van der Waals surface area contributed by atoms with Crippen LogP contribution in [0.25, 0.3) is 0 Å². The van der Waals surface area contributed by atoms with Gasteiger partial charge in [0.1, 0.15) is 6.61 Å². The molecule has 1 amide bonds. The van der Waals surface area contributed by atoms with Crippen LogP contribution in [0.4, 0.5) is 10.8 Å². The van der Waals surface area contributed by atoms with Crippen molar-refractivity contribution >= 4 is 34.0 Å². The summed E-state index contributed by atoms with van der Waals surface area (Å²) >= 11 is 1.33. The molecular weight excluding hydrogens is 410 g/mol. The van der Waals surface area contributed by atoms with Gasteiger partial charge in [0.05, 0.1) is 23.0 Å². The van der Waals surface area contributed by atoms with Gasteiger partial charge in [-0.05, 0) is 48.2 Å². The lowest BCUT2D eigenvalue weighted by Crippen LogP contribution is -2.22. The highest BCUT2D eigenvalue weighted by Crippen LogP contribution is 2.29. The van der Waals surface area contributed by atoms with Crippen molar-refractivity contribution < 1.29 is 14.3 Å². The topological polar surface area (TPSA) is 83.3 Å². The first-order chi connectivity index (χ1) is 15.0. The molecule has 0 aliphatic heterocycles. The van der Waals surface area contributed by atoms with Crippen LogP contribution in [-0.4, -0.2) is 16.9 Å². The lowest BCUT2D eigenvalue weighted by atomic mass is 10.1. The van der Waals surface area contributed by atoms with Crippen LogP contribution in [-0.2, 0) is 33.8 Å². The van der Waals surface area contributed by atoms with Crippen LogP contribution in [0.3, 0.4) is 0 Å². The molecule has 3 aromatic rings. The normalized spacial score (nSPS) is 10.4. The molecular formula is C24H23N3O3S. The average Bonchev–Trinajstić information content (AvgIpc) is 3.25. The van der Waals surface area contributed by atoms with E-state index in [9.17, 15) is 9.59 Å². The minimum absolute atomic E-state index is 0.0588. The summed E-state index contributed by atoms with van der Waals surface area (Å²) in [5, 5.41) is 11.2. The maximum absolute atomic E-state index is 12.2. The Balaban J connectivity index is 1.57. The van der Waals surface area contributed by atoms with Gasteiger partial charge in [0, 0.05) is 18.7 Å². The van der Waals surface area contributed by atoms with E-state index in [0.717, 1.165) is 17.7 Å². The van der Waals surface area contributed by atoms with E-state index in [2.05, 4.69) is 18.0 Å². The van der Waals surface area contributed by atoms with Crippen LogP contribution < -0.4 is 4.90 Å². The molecule has 1 aromatic heterocycles. The first kappa shape index (κ1) is 22.2. The van der Waals surface area contributed by atoms with Crippen molar-refractivity contribution in [1.29, 1.82) is 5.26 Å². The molecule has 0 N–H and O–H groups in total. The fourth-order valence-corrected chi connectivity index (χ4v) is 3.86. The molecule has 0 aliphatic rings. The average molecular weight is 434 g/mol. The number of esters is 1. The molecule has 1 heterocycles. The highest BCUT2D eigenvalue weighted by atomic mass is 32.1. The Labute approximate surface area is 185 Å². The second kappa shape index (κ2) is 10.5. The summed E-state index contributed by atoms with van der Waals surface area (Å²) in [7, 11) is 0. The standard InChI is InChI=1S/C24H23N3O3S/c1-3-18-8-11-22(12-9-18)27(17(2)28)24-26-21(16-31-24)15-30-23(29)13-10-19-4-6-20(14-25)7-5-19/h4-9,11-12,16H,3,10,13,15H2,1-2H3. The van der Waals surface area contributed by atoms with Gasteiger partial charge in [-0.25, -0.2) is 4.98 Å². The third-order valence-corrected chi connectivity index (χ3v) is 5.61. The van der Waals surface area contributed by atoms with Gasteiger partial charge in [-0.15, -0.1) is 11.3 Å². The fraction of sp³-hybridized carbons (Fsp3) is 0.250. The van der Waals surface area contributed by atoms with Gasteiger partial charge in [0.15, 0.2) is 5.13 Å². The van der Waals surface area contributed by atoms with Crippen molar-refractivity contribution in [3.05, 3.63) is 76.3 Å². The minimum Gasteiger partial charge on any atom is -0.459 e. The number of nitrogens with zero attached hydrogens (tertiary/aromatic N) is 3. The Morgan fingerprint density at radius 3 is 2.39 bits per heavy atom. The van der Waals surface area contributed by atoms with Crippen LogP contribution in [0.1, 0.15) is 42.7 Å². The van der Waals surface area contributed by atoms with Crippen LogP contribution in [0.15, 0.2) is 53.9 Å². The van der Waals surface area contributed by atoms with Crippen molar-refractivity contribution in [3.8, 4) is 6.07 Å². The Morgan fingerprint density at radius 2 is 1.77 bits per heavy atom. The molecule has 0 spiro atoms. The van der Waals surface area contributed by atoms with E-state index in [1.807, 2.05) is 36.4 Å². The number of hydrogen-bond donors (Lipinski definition) is 0. The molecule has 0 fully saturated rings. The van der Waals surface area contributed by atoms with Crippen molar-refractivity contribution in [2.45, 2.75) is 39.7 Å². The van der Waals surface area contributed by atoms with Crippen molar-refractivity contribution in [2.75, 3.05) is 4.90 Å². The van der Waals surface area contributed by atoms with Crippen LogP contribution in [0.5, 0.6) is 0 Å². The Bertz CT molecular complexity index is 1080. The first-order valence-electron chi connectivity index (χ1n) is 9.99. The SMILES string of the molecule is CCc1ccc(N(C(C)=O)c2nc(COC(=O)CCc3ccc(C#N)cc3)cs2)cc1. The fourth-order valence-electron chi connectivity index (χ4n) is 2.99. The molecule has 158 valence electrons. The first-order valence-corrected chi connectivity index (χ1v) is 10.9. The number of carbonyl (C=O) groups is 2. The summed E-state index contributed by atoms with van der Waals surface area (Å²) in [6.07, 6.45) is 1.71. The predicted octanol–water partition coefficient (Wildman–Crippen LogP) is 4.94. The third kappa shape index (κ3) is 6.00. The van der Waals surface area contributed by atoms with Crippen LogP contribution >= 0.6 is 11.3 Å². The number of carbonyl (C=O) groups excluding carboxylic acids is 2. The second-order valence-corrected chi connectivity index (χ2v) is 7.80. The summed E-state index contributed by atoms with van der Waals surface area (Å²) in [6, 6.07) is 17.0. The molecule has 0 saturated heterocycles. The number of rotatable bonds is 8. The number of anilines is 2. The Kier molecular flexibility index (Phi) is 7.52. The van der Waals surface area contributed by atoms with E-state index in [1.165, 1.54) is 23.8 Å². The number of thiazole rings is 1. The zero-order valence-electron chi connectivity index (χ0n) is 17.5. The van der Waals surface area contributed by atoms with Crippen molar-refractivity contribution in [2.24, 2.45) is 0 Å². The molecule has 0 radical (unpaired) electrons. The summed E-state index contributed by atoms with van der Waals surface area (Å²) in [6.45, 7) is 3.64. The largest absolute Gasteiger partial charge is 0.459 e. The van der Waals surface area contributed by atoms with Gasteiger partial charge in [-0.2, -0.15) is 5.26 Å². The summed E-state index contributed by atoms with van der Waals surface area (Å²) < 4.78 is 5.33. The smallest absolute Gasteiger partial charge is 0.306 e. The van der Waals surface area contributed by atoms with Gasteiger partial charge in [0.2, 0.25) is 5.91 Å². The maximum atomic E-state index is 12.2. The highest BCUT2D eigenvalue weighted by Gasteiger charge is 2.18. The lowest BCUT2D eigenvalue weighted by molar-refractivity contribution is -0.145. The summed E-state index contributed by atoms with van der Waals surface area (Å²) in [4.78, 5) is 30.3. The molecule has 6 nitrogen and oxygen atoms in total. The maximum Gasteiger partial charge on any atom is 0.306 e. The summed E-state index contributed by atoms with van der Waals surface area (Å²) in [5.41, 5.74) is 4.11. The quantitative estimate of drug-likeness (QED) is 0.470. The lowest BCUT2D eigenvalue weighted by Gasteiger charge is -2.18. The molecule has 0 atom stereocenters. The number of aromatic nitrogens is 1. The van der Waals surface area contributed by atoms with E-state index in [1.54, 1.807) is 22.4 Å². The van der Waals surface area contributed by atoms with Crippen molar-refractivity contribution in [1.82, 2.24) is 4.98 Å². The highest BCUT2D eigenvalue weighted by molar-refractivity contribution is 7.14. The van der Waals surface area contributed by atoms with E-state index in [0.29, 0.717) is 22.8 Å². The molecule has 7 heteroatoms. The van der Waals surface area contributed by atoms with E-state index in [4.69, 9.17) is 10.00 Å². The molecule has 2 aromatic carbocycles. The number of nitriles is 1. The Morgan fingerprint density at radius 1 is 1.10 bits per heavy atom. The van der Waals surface area contributed by atoms with Crippen LogP contribution in [0, 0.1) is 11.3 Å². The number of amides is 1.